The van der Waals surface area contributed by atoms with Gasteiger partial charge in [-0.2, -0.15) is 0 Å². The highest BCUT2D eigenvalue weighted by Gasteiger charge is 2.47. The second-order valence-corrected chi connectivity index (χ2v) is 11.5. The van der Waals surface area contributed by atoms with E-state index in [2.05, 4.69) is 46.8 Å². The molecule has 4 atom stereocenters. The number of anilines is 2. The zero-order valence-corrected chi connectivity index (χ0v) is 22.3. The van der Waals surface area contributed by atoms with Gasteiger partial charge in [-0.05, 0) is 33.7 Å². The lowest BCUT2D eigenvalue weighted by atomic mass is 9.92. The lowest BCUT2D eigenvalue weighted by Crippen LogP contribution is -2.60. The van der Waals surface area contributed by atoms with E-state index < -0.39 is 36.1 Å². The zero-order chi connectivity index (χ0) is 27.2. The van der Waals surface area contributed by atoms with E-state index in [0.29, 0.717) is 39.0 Å². The Labute approximate surface area is 222 Å². The number of fused-ring (bicyclic) bond motifs is 1. The summed E-state index contributed by atoms with van der Waals surface area (Å²) in [6, 6.07) is 0. The van der Waals surface area contributed by atoms with Gasteiger partial charge < -0.3 is 20.9 Å². The van der Waals surface area contributed by atoms with Gasteiger partial charge >= 0.3 is 0 Å². The first-order valence-electron chi connectivity index (χ1n) is 13.4. The molecule has 4 fully saturated rings. The first kappa shape index (κ1) is 27.1. The fraction of sp³-hybridized carbons (Fsp3) is 0.720. The third-order valence-corrected chi connectivity index (χ3v) is 8.54. The number of halogens is 2. The van der Waals surface area contributed by atoms with E-state index in [1.165, 1.54) is 6.20 Å². The molecule has 1 aromatic heterocycles. The van der Waals surface area contributed by atoms with Crippen molar-refractivity contribution in [2.45, 2.75) is 50.7 Å². The smallest absolute Gasteiger partial charge is 0.233 e. The molecule has 0 bridgehead atoms. The maximum atomic E-state index is 15.1. The summed E-state index contributed by atoms with van der Waals surface area (Å²) in [5.41, 5.74) is 9.56. The largest absolute Gasteiger partial charge is 0.367 e. The topological polar surface area (TPSA) is 122 Å². The number of rotatable bonds is 4. The van der Waals surface area contributed by atoms with Crippen molar-refractivity contribution in [1.82, 2.24) is 30.5 Å². The van der Waals surface area contributed by atoms with Crippen molar-refractivity contribution in [1.29, 1.82) is 0 Å². The van der Waals surface area contributed by atoms with Crippen LogP contribution in [0.3, 0.4) is 0 Å². The molecule has 11 nitrogen and oxygen atoms in total. The molecular formula is C25H39F2N9O2. The molecule has 0 radical (unpaired) electrons. The number of likely N-dealkylation sites (N-methyl/N-ethyl adjacent to an activating group) is 1. The number of pyridine rings is 1. The molecule has 0 aromatic carbocycles. The van der Waals surface area contributed by atoms with Crippen molar-refractivity contribution in [3.63, 3.8) is 0 Å². The Balaban J connectivity index is 1.24. The van der Waals surface area contributed by atoms with Gasteiger partial charge in [0.25, 0.3) is 0 Å². The van der Waals surface area contributed by atoms with E-state index in [1.807, 2.05) is 9.80 Å². The minimum Gasteiger partial charge on any atom is -0.367 e. The highest BCUT2D eigenvalue weighted by Crippen LogP contribution is 2.34. The second-order valence-electron chi connectivity index (χ2n) is 11.5. The molecule has 4 aliphatic heterocycles. The van der Waals surface area contributed by atoms with Gasteiger partial charge in [0, 0.05) is 57.3 Å². The molecule has 5 rings (SSSR count). The number of nitrogens with two attached hydrogens (primary N) is 1. The molecule has 5 heterocycles. The van der Waals surface area contributed by atoms with Crippen molar-refractivity contribution in [2.75, 3.05) is 63.1 Å². The molecule has 1 aromatic rings. The van der Waals surface area contributed by atoms with Crippen LogP contribution in [0.25, 0.3) is 0 Å². The van der Waals surface area contributed by atoms with Crippen molar-refractivity contribution in [3.05, 3.63) is 18.2 Å². The summed E-state index contributed by atoms with van der Waals surface area (Å²) in [5.74, 6) is -1.61. The van der Waals surface area contributed by atoms with Gasteiger partial charge in [-0.15, -0.1) is 0 Å². The Morgan fingerprint density at radius 3 is 2.63 bits per heavy atom. The normalized spacial score (nSPS) is 30.8. The van der Waals surface area contributed by atoms with Crippen LogP contribution in [0.2, 0.25) is 0 Å². The predicted molar refractivity (Wildman–Crippen MR) is 139 cm³/mol. The summed E-state index contributed by atoms with van der Waals surface area (Å²) in [7, 11) is 2.08. The van der Waals surface area contributed by atoms with E-state index >= 15 is 4.39 Å². The molecule has 4 saturated heterocycles. The predicted octanol–water partition coefficient (Wildman–Crippen LogP) is -0.0832. The van der Waals surface area contributed by atoms with E-state index in [1.54, 1.807) is 5.01 Å². The van der Waals surface area contributed by atoms with Crippen LogP contribution in [-0.4, -0.2) is 109 Å². The summed E-state index contributed by atoms with van der Waals surface area (Å²) < 4.78 is 28.9. The van der Waals surface area contributed by atoms with Crippen LogP contribution >= 0.6 is 0 Å². The first-order chi connectivity index (χ1) is 18.0. The molecule has 0 aliphatic carbocycles. The Bertz CT molecular complexity index is 1050. The van der Waals surface area contributed by atoms with Crippen LogP contribution in [0.15, 0.2) is 12.4 Å². The maximum Gasteiger partial charge on any atom is 0.233 e. The number of hydrazine groups is 1. The monoisotopic (exact) mass is 535 g/mol. The standard InChI is InChI=1S/C25H39F2N9O2/c1-25(2)14-35(9-8-33(25)3)24(38)15-4-6-34(7-5-15)20-17(27)11-29-12-18(20)31-23(37)19-21(28)32-36-13-16(26)10-30-22(19)36/h11-12,15-16,19,21-22,30,32H,4-10,13-14,28H2,1-3H3,(H,31,37). The molecule has 0 spiro atoms. The molecule has 210 valence electrons. The van der Waals surface area contributed by atoms with Crippen molar-refractivity contribution >= 4 is 23.2 Å². The number of piperidine rings is 1. The highest BCUT2D eigenvalue weighted by atomic mass is 19.1. The van der Waals surface area contributed by atoms with Crippen LogP contribution in [0.5, 0.6) is 0 Å². The average molecular weight is 536 g/mol. The van der Waals surface area contributed by atoms with Crippen LogP contribution in [0.4, 0.5) is 20.2 Å². The van der Waals surface area contributed by atoms with Crippen molar-refractivity contribution < 1.29 is 18.4 Å². The van der Waals surface area contributed by atoms with Gasteiger partial charge in [-0.25, -0.2) is 19.2 Å². The Morgan fingerprint density at radius 2 is 1.92 bits per heavy atom. The van der Waals surface area contributed by atoms with Gasteiger partial charge in [0.2, 0.25) is 11.8 Å². The average Bonchev–Trinajstić information content (AvgIpc) is 3.20. The molecular weight excluding hydrogens is 496 g/mol. The highest BCUT2D eigenvalue weighted by molar-refractivity contribution is 5.96. The number of amides is 2. The molecule has 13 heteroatoms. The fourth-order valence-corrected chi connectivity index (χ4v) is 6.07. The number of carbonyl (C=O) groups is 2. The van der Waals surface area contributed by atoms with E-state index in [9.17, 15) is 14.0 Å². The SMILES string of the molecule is CN1CCN(C(=O)C2CCN(c3c(F)cncc3NC(=O)C3C(N)NN4CC(F)CNC34)CC2)CC1(C)C. The molecule has 2 amide bonds. The number of nitrogens with one attached hydrogen (secondary N) is 3. The van der Waals surface area contributed by atoms with Crippen molar-refractivity contribution in [3.8, 4) is 0 Å². The molecule has 0 saturated carbocycles. The lowest BCUT2D eigenvalue weighted by molar-refractivity contribution is -0.140. The van der Waals surface area contributed by atoms with E-state index in [0.717, 1.165) is 12.7 Å². The number of hydrogen-bond acceptors (Lipinski definition) is 9. The maximum absolute atomic E-state index is 15.1. The van der Waals surface area contributed by atoms with Crippen LogP contribution in [0.1, 0.15) is 26.7 Å². The summed E-state index contributed by atoms with van der Waals surface area (Å²) in [6.07, 6.45) is 1.50. The summed E-state index contributed by atoms with van der Waals surface area (Å²) in [6.45, 7) is 7.75. The van der Waals surface area contributed by atoms with Gasteiger partial charge in [-0.3, -0.25) is 24.8 Å². The molecule has 38 heavy (non-hydrogen) atoms. The number of hydrogen-bond donors (Lipinski definition) is 4. The zero-order valence-electron chi connectivity index (χ0n) is 22.3. The van der Waals surface area contributed by atoms with Crippen LogP contribution in [0, 0.1) is 17.7 Å². The number of piperazine rings is 1. The van der Waals surface area contributed by atoms with E-state index in [-0.39, 0.29) is 41.8 Å². The Hall–Kier alpha value is -2.45. The minimum absolute atomic E-state index is 0.0724. The number of alkyl halides is 1. The second kappa shape index (κ2) is 10.6. The third-order valence-electron chi connectivity index (χ3n) is 8.54. The first-order valence-corrected chi connectivity index (χ1v) is 13.4. The summed E-state index contributed by atoms with van der Waals surface area (Å²) in [4.78, 5) is 36.6. The molecule has 5 N–H and O–H groups in total. The number of nitrogens with zero attached hydrogens (tertiary/aromatic N) is 5. The van der Waals surface area contributed by atoms with Crippen molar-refractivity contribution in [2.24, 2.45) is 17.6 Å². The van der Waals surface area contributed by atoms with Crippen LogP contribution < -0.4 is 26.7 Å². The fourth-order valence-electron chi connectivity index (χ4n) is 6.07. The quantitative estimate of drug-likeness (QED) is 0.419. The third kappa shape index (κ3) is 5.22. The number of carbonyl (C=O) groups excluding carboxylic acids is 2. The van der Waals surface area contributed by atoms with Gasteiger partial charge in [0.05, 0.1) is 36.3 Å². The summed E-state index contributed by atoms with van der Waals surface area (Å²) in [5, 5.41) is 7.46. The van der Waals surface area contributed by atoms with Gasteiger partial charge in [0.1, 0.15) is 11.9 Å². The number of aromatic nitrogens is 1. The summed E-state index contributed by atoms with van der Waals surface area (Å²) >= 11 is 0. The van der Waals surface area contributed by atoms with E-state index in [4.69, 9.17) is 5.73 Å². The Morgan fingerprint density at radius 1 is 1.18 bits per heavy atom. The van der Waals surface area contributed by atoms with Gasteiger partial charge in [0.15, 0.2) is 5.82 Å². The molecule has 4 unspecified atom stereocenters. The van der Waals surface area contributed by atoms with Crippen LogP contribution in [-0.2, 0) is 9.59 Å². The Kier molecular flexibility index (Phi) is 7.57. The molecule has 4 aliphatic rings. The minimum atomic E-state index is -1.07. The lowest BCUT2D eigenvalue weighted by Gasteiger charge is -2.46. The van der Waals surface area contributed by atoms with Gasteiger partial charge in [-0.1, -0.05) is 0 Å².